The summed E-state index contributed by atoms with van der Waals surface area (Å²) >= 11 is 0. The second kappa shape index (κ2) is 3.42. The van der Waals surface area contributed by atoms with Gasteiger partial charge >= 0.3 is 0 Å². The largest absolute Gasteiger partial charge is 0.497 e. The van der Waals surface area contributed by atoms with Crippen LogP contribution in [-0.2, 0) is 0 Å². The maximum absolute atomic E-state index is 5.06. The summed E-state index contributed by atoms with van der Waals surface area (Å²) in [7, 11) is 2.54. The summed E-state index contributed by atoms with van der Waals surface area (Å²) in [4.78, 5) is 0. The maximum Gasteiger partial charge on any atom is 0.118 e. The van der Waals surface area contributed by atoms with E-state index in [2.05, 4.69) is 18.7 Å². The molecule has 0 heterocycles. The molecule has 0 aliphatic rings. The van der Waals surface area contributed by atoms with Gasteiger partial charge in [-0.1, -0.05) is 23.9 Å². The Morgan fingerprint density at radius 3 is 2.80 bits per heavy atom. The molecule has 1 aromatic rings. The average molecular weight is 150 g/mol. The summed E-state index contributed by atoms with van der Waals surface area (Å²) in [6, 6.07) is 8.16. The Labute approximate surface area is 63.8 Å². The van der Waals surface area contributed by atoms with Gasteiger partial charge in [0.05, 0.1) is 16.6 Å². The van der Waals surface area contributed by atoms with E-state index in [4.69, 9.17) is 4.74 Å². The average Bonchev–Trinajstić information content (AvgIpc) is 2.05. The van der Waals surface area contributed by atoms with E-state index >= 15 is 0 Å². The molecule has 0 atom stereocenters. The van der Waals surface area contributed by atoms with Crippen molar-refractivity contribution in [2.75, 3.05) is 7.11 Å². The summed E-state index contributed by atoms with van der Waals surface area (Å²) in [5, 5.41) is 1.35. The van der Waals surface area contributed by atoms with E-state index in [1.165, 1.54) is 5.19 Å². The van der Waals surface area contributed by atoms with Crippen LogP contribution in [0.5, 0.6) is 5.75 Å². The van der Waals surface area contributed by atoms with Gasteiger partial charge in [-0.15, -0.1) is 0 Å². The fourth-order valence-corrected chi connectivity index (χ4v) is 1.33. The molecule has 52 valence electrons. The Hall–Kier alpha value is -0.763. The number of hydrogen-bond acceptors (Lipinski definition) is 1. The van der Waals surface area contributed by atoms with Crippen molar-refractivity contribution in [1.29, 1.82) is 0 Å². The van der Waals surface area contributed by atoms with Crippen molar-refractivity contribution in [3.05, 3.63) is 24.3 Å². The monoisotopic (exact) mass is 150 g/mol. The lowest BCUT2D eigenvalue weighted by atomic mass is 10.3. The van der Waals surface area contributed by atoms with Gasteiger partial charge in [-0.05, 0) is 12.1 Å². The van der Waals surface area contributed by atoms with E-state index in [0.29, 0.717) is 0 Å². The predicted octanol–water partition coefficient (Wildman–Crippen LogP) is 1.07. The molecule has 0 N–H and O–H groups in total. The number of hydrogen-bond donors (Lipinski definition) is 0. The van der Waals surface area contributed by atoms with Gasteiger partial charge in [0.15, 0.2) is 0 Å². The molecule has 0 spiro atoms. The highest BCUT2D eigenvalue weighted by molar-refractivity contribution is 6.51. The van der Waals surface area contributed by atoms with Crippen molar-refractivity contribution in [1.82, 2.24) is 0 Å². The first kappa shape index (κ1) is 7.35. The molecule has 0 aliphatic heterocycles. The minimum atomic E-state index is 0.849. The van der Waals surface area contributed by atoms with Crippen molar-refractivity contribution in [2.45, 2.75) is 6.55 Å². The smallest absolute Gasteiger partial charge is 0.118 e. The molecule has 0 unspecified atom stereocenters. The predicted molar refractivity (Wildman–Crippen MR) is 44.2 cm³/mol. The van der Waals surface area contributed by atoms with Gasteiger partial charge in [-0.25, -0.2) is 0 Å². The van der Waals surface area contributed by atoms with E-state index < -0.39 is 0 Å². The molecule has 0 saturated heterocycles. The highest BCUT2D eigenvalue weighted by Gasteiger charge is 1.91. The van der Waals surface area contributed by atoms with Crippen LogP contribution in [0.2, 0.25) is 6.55 Å². The normalized spacial score (nSPS) is 9.40. The molecule has 0 saturated carbocycles. The van der Waals surface area contributed by atoms with Crippen LogP contribution in [0.1, 0.15) is 0 Å². The lowest BCUT2D eigenvalue weighted by molar-refractivity contribution is 0.415. The number of ether oxygens (including phenoxy) is 1. The third-order valence-electron chi connectivity index (χ3n) is 1.36. The van der Waals surface area contributed by atoms with E-state index in [0.717, 1.165) is 15.3 Å². The van der Waals surface area contributed by atoms with Gasteiger partial charge in [-0.3, -0.25) is 0 Å². The Balaban J connectivity index is 2.87. The first-order valence-corrected chi connectivity index (χ1v) is 4.68. The topological polar surface area (TPSA) is 9.23 Å². The number of benzene rings is 1. The fraction of sp³-hybridized carbons (Fsp3) is 0.250. The lowest BCUT2D eigenvalue weighted by Gasteiger charge is -1.99. The third-order valence-corrected chi connectivity index (χ3v) is 2.25. The molecule has 0 aromatic heterocycles. The van der Waals surface area contributed by atoms with Gasteiger partial charge < -0.3 is 4.74 Å². The molecule has 0 bridgehead atoms. The van der Waals surface area contributed by atoms with Crippen LogP contribution in [-0.4, -0.2) is 16.6 Å². The zero-order chi connectivity index (χ0) is 7.40. The zero-order valence-corrected chi connectivity index (χ0v) is 7.22. The van der Waals surface area contributed by atoms with Gasteiger partial charge in [0, 0.05) is 0 Å². The molecule has 2 heteroatoms. The van der Waals surface area contributed by atoms with Crippen LogP contribution < -0.4 is 9.92 Å². The summed E-state index contributed by atoms with van der Waals surface area (Å²) in [5.74, 6) is 0.951. The number of rotatable bonds is 2. The molecule has 0 amide bonds. The van der Waals surface area contributed by atoms with Crippen LogP contribution in [0.3, 0.4) is 0 Å². The molecule has 1 rings (SSSR count). The minimum absolute atomic E-state index is 0.849. The van der Waals surface area contributed by atoms with E-state index in [1.807, 2.05) is 12.1 Å². The molecule has 0 fully saturated rings. The zero-order valence-electron chi connectivity index (χ0n) is 6.22. The summed E-state index contributed by atoms with van der Waals surface area (Å²) in [5.41, 5.74) is 0. The lowest BCUT2D eigenvalue weighted by Crippen LogP contribution is -2.09. The molecule has 0 aliphatic carbocycles. The molecule has 1 aromatic carbocycles. The van der Waals surface area contributed by atoms with Crippen molar-refractivity contribution in [3.8, 4) is 5.75 Å². The van der Waals surface area contributed by atoms with Gasteiger partial charge in [0.25, 0.3) is 0 Å². The van der Waals surface area contributed by atoms with Crippen LogP contribution in [0.15, 0.2) is 24.3 Å². The van der Waals surface area contributed by atoms with Crippen LogP contribution in [0.25, 0.3) is 0 Å². The molecule has 2 radical (unpaired) electrons. The van der Waals surface area contributed by atoms with Crippen LogP contribution in [0, 0.1) is 0 Å². The summed E-state index contributed by atoms with van der Waals surface area (Å²) < 4.78 is 5.06. The molecular formula is C8H10OSi. The quantitative estimate of drug-likeness (QED) is 0.573. The van der Waals surface area contributed by atoms with Crippen LogP contribution in [0.4, 0.5) is 0 Å². The molecular weight excluding hydrogens is 140 g/mol. The molecule has 10 heavy (non-hydrogen) atoms. The van der Waals surface area contributed by atoms with E-state index in [-0.39, 0.29) is 0 Å². The standard InChI is InChI=1S/C8H10OSi/c1-9-7-4-3-5-8(6-7)10-2/h3-6H,1-2H3. The van der Waals surface area contributed by atoms with Gasteiger partial charge in [-0.2, -0.15) is 0 Å². The SMILES string of the molecule is COc1cccc([Si]C)c1. The Morgan fingerprint density at radius 1 is 1.40 bits per heavy atom. The Bertz CT molecular complexity index is 191. The maximum atomic E-state index is 5.06. The second-order valence-corrected chi connectivity index (χ2v) is 3.06. The third kappa shape index (κ3) is 1.61. The first-order chi connectivity index (χ1) is 4.86. The van der Waals surface area contributed by atoms with Crippen molar-refractivity contribution in [2.24, 2.45) is 0 Å². The second-order valence-electron chi connectivity index (χ2n) is 1.98. The minimum Gasteiger partial charge on any atom is -0.497 e. The van der Waals surface area contributed by atoms with Gasteiger partial charge in [0.1, 0.15) is 5.75 Å². The summed E-state index contributed by atoms with van der Waals surface area (Å²) in [6.45, 7) is 2.16. The van der Waals surface area contributed by atoms with Crippen molar-refractivity contribution in [3.63, 3.8) is 0 Å². The van der Waals surface area contributed by atoms with Crippen molar-refractivity contribution < 1.29 is 4.74 Å². The first-order valence-electron chi connectivity index (χ1n) is 3.18. The van der Waals surface area contributed by atoms with Gasteiger partial charge in [0.2, 0.25) is 0 Å². The number of methoxy groups -OCH3 is 1. The highest BCUT2D eigenvalue weighted by atomic mass is 28.2. The fourth-order valence-electron chi connectivity index (χ4n) is 0.779. The Morgan fingerprint density at radius 2 is 2.20 bits per heavy atom. The Kier molecular flexibility index (Phi) is 2.51. The van der Waals surface area contributed by atoms with Crippen LogP contribution >= 0.6 is 0 Å². The van der Waals surface area contributed by atoms with E-state index in [9.17, 15) is 0 Å². The van der Waals surface area contributed by atoms with Crippen molar-refractivity contribution >= 4 is 14.7 Å². The highest BCUT2D eigenvalue weighted by Crippen LogP contribution is 2.04. The van der Waals surface area contributed by atoms with E-state index in [1.54, 1.807) is 7.11 Å². The molecule has 1 nitrogen and oxygen atoms in total. The summed E-state index contributed by atoms with van der Waals surface area (Å²) in [6.07, 6.45) is 0.